The maximum atomic E-state index is 12.6. The average molecular weight is 414 g/mol. The zero-order chi connectivity index (χ0) is 20.8. The number of nitrogens with one attached hydrogen (secondary N) is 3. The number of thiophene rings is 1. The maximum Gasteiger partial charge on any atom is 0.330 e. The number of carbonyl (C=O) groups is 1. The summed E-state index contributed by atoms with van der Waals surface area (Å²) in [5, 5.41) is 10.1. The van der Waals surface area contributed by atoms with Crippen LogP contribution < -0.4 is 16.3 Å². The van der Waals surface area contributed by atoms with Crippen molar-refractivity contribution >= 4 is 23.1 Å². The molecule has 3 aromatic rings. The zero-order valence-corrected chi connectivity index (χ0v) is 17.8. The first-order valence-electron chi connectivity index (χ1n) is 9.72. The predicted octanol–water partition coefficient (Wildman–Crippen LogP) is 3.74. The minimum absolute atomic E-state index is 0.117. The molecule has 0 fully saturated rings. The first kappa shape index (κ1) is 20.9. The smallest absolute Gasteiger partial charge is 0.330 e. The van der Waals surface area contributed by atoms with Gasteiger partial charge in [0.25, 0.3) is 0 Å². The van der Waals surface area contributed by atoms with Crippen molar-refractivity contribution in [2.45, 2.75) is 26.8 Å². The Hall–Kier alpha value is -2.84. The zero-order valence-electron chi connectivity index (χ0n) is 16.9. The van der Waals surface area contributed by atoms with E-state index in [0.717, 1.165) is 18.8 Å². The van der Waals surface area contributed by atoms with Crippen molar-refractivity contribution in [2.75, 3.05) is 25.0 Å². The summed E-state index contributed by atoms with van der Waals surface area (Å²) in [6.45, 7) is 8.38. The van der Waals surface area contributed by atoms with Crippen LogP contribution in [0.2, 0.25) is 0 Å². The number of hydrogen-bond donors (Lipinski definition) is 3. The van der Waals surface area contributed by atoms with Gasteiger partial charge in [0.15, 0.2) is 0 Å². The van der Waals surface area contributed by atoms with E-state index in [0.29, 0.717) is 17.9 Å². The van der Waals surface area contributed by atoms with Crippen LogP contribution in [0, 0.1) is 6.92 Å². The van der Waals surface area contributed by atoms with Gasteiger partial charge in [0.2, 0.25) is 0 Å². The van der Waals surface area contributed by atoms with E-state index in [1.54, 1.807) is 28.2 Å². The molecule has 8 heteroatoms. The summed E-state index contributed by atoms with van der Waals surface area (Å²) in [7, 11) is 0. The van der Waals surface area contributed by atoms with Gasteiger partial charge in [-0.1, -0.05) is 26.0 Å². The number of benzene rings is 1. The second-order valence-corrected chi connectivity index (χ2v) is 7.50. The number of anilines is 1. The van der Waals surface area contributed by atoms with Crippen LogP contribution in [0.4, 0.5) is 10.5 Å². The predicted molar refractivity (Wildman–Crippen MR) is 118 cm³/mol. The molecule has 29 heavy (non-hydrogen) atoms. The average Bonchev–Trinajstić information content (AvgIpc) is 3.36. The third-order valence-electron chi connectivity index (χ3n) is 4.99. The maximum absolute atomic E-state index is 12.6. The van der Waals surface area contributed by atoms with Gasteiger partial charge in [-0.15, -0.1) is 0 Å². The fourth-order valence-electron chi connectivity index (χ4n) is 3.47. The Morgan fingerprint density at radius 3 is 2.62 bits per heavy atom. The van der Waals surface area contributed by atoms with E-state index in [4.69, 9.17) is 0 Å². The Bertz CT molecular complexity index is 989. The minimum atomic E-state index is -0.300. The van der Waals surface area contributed by atoms with Crippen LogP contribution >= 0.6 is 11.3 Å². The molecule has 2 aromatic heterocycles. The number of aromatic nitrogens is 2. The summed E-state index contributed by atoms with van der Waals surface area (Å²) in [6, 6.07) is 9.18. The van der Waals surface area contributed by atoms with Gasteiger partial charge in [0, 0.05) is 18.4 Å². The van der Waals surface area contributed by atoms with Gasteiger partial charge in [-0.05, 0) is 54.5 Å². The number of aromatic amines is 1. The Labute approximate surface area is 174 Å². The Balaban J connectivity index is 1.74. The van der Waals surface area contributed by atoms with Crippen LogP contribution in [0.1, 0.15) is 31.1 Å². The van der Waals surface area contributed by atoms with Gasteiger partial charge >= 0.3 is 11.7 Å². The van der Waals surface area contributed by atoms with Crippen LogP contribution in [0.5, 0.6) is 0 Å². The molecule has 154 valence electrons. The van der Waals surface area contributed by atoms with E-state index >= 15 is 0 Å². The van der Waals surface area contributed by atoms with Crippen LogP contribution in [0.3, 0.4) is 0 Å². The highest BCUT2D eigenvalue weighted by Crippen LogP contribution is 2.23. The summed E-state index contributed by atoms with van der Waals surface area (Å²) < 4.78 is 1.54. The molecule has 0 radical (unpaired) electrons. The molecule has 1 unspecified atom stereocenters. The van der Waals surface area contributed by atoms with Gasteiger partial charge < -0.3 is 15.6 Å². The van der Waals surface area contributed by atoms with Crippen molar-refractivity contribution in [3.8, 4) is 5.69 Å². The number of imidazole rings is 1. The number of nitrogens with zero attached hydrogens (tertiary/aromatic N) is 2. The highest BCUT2D eigenvalue weighted by molar-refractivity contribution is 7.07. The number of amides is 2. The lowest BCUT2D eigenvalue weighted by atomic mass is 10.1. The van der Waals surface area contributed by atoms with E-state index in [9.17, 15) is 9.59 Å². The summed E-state index contributed by atoms with van der Waals surface area (Å²) in [5.74, 6) is 0. The van der Waals surface area contributed by atoms with Crippen molar-refractivity contribution in [3.63, 3.8) is 0 Å². The number of para-hydroxylation sites is 2. The number of likely N-dealkylation sites (N-methyl/N-ethyl adjacent to an activating group) is 1. The minimum Gasteiger partial charge on any atom is -0.336 e. The first-order valence-corrected chi connectivity index (χ1v) is 10.7. The van der Waals surface area contributed by atoms with Gasteiger partial charge in [0.05, 0.1) is 17.4 Å². The van der Waals surface area contributed by atoms with Crippen molar-refractivity contribution in [1.82, 2.24) is 19.8 Å². The summed E-state index contributed by atoms with van der Waals surface area (Å²) in [6.07, 6.45) is 1.65. The number of urea groups is 1. The van der Waals surface area contributed by atoms with Gasteiger partial charge in [0.1, 0.15) is 0 Å². The molecular formula is C21H27N5O2S. The van der Waals surface area contributed by atoms with E-state index in [-0.39, 0.29) is 17.8 Å². The molecule has 0 spiro atoms. The first-order chi connectivity index (χ1) is 14.0. The lowest BCUT2D eigenvalue weighted by Crippen LogP contribution is -2.39. The van der Waals surface area contributed by atoms with Crippen LogP contribution in [0.15, 0.2) is 52.1 Å². The van der Waals surface area contributed by atoms with Gasteiger partial charge in [-0.25, -0.2) is 9.59 Å². The topological polar surface area (TPSA) is 82.2 Å². The van der Waals surface area contributed by atoms with Crippen molar-refractivity contribution < 1.29 is 4.79 Å². The van der Waals surface area contributed by atoms with Gasteiger partial charge in [-0.2, -0.15) is 11.3 Å². The van der Waals surface area contributed by atoms with E-state index in [1.807, 2.05) is 25.1 Å². The lowest BCUT2D eigenvalue weighted by Gasteiger charge is -2.29. The highest BCUT2D eigenvalue weighted by atomic mass is 32.1. The third-order valence-corrected chi connectivity index (χ3v) is 5.69. The fourth-order valence-corrected chi connectivity index (χ4v) is 4.18. The molecule has 0 saturated carbocycles. The largest absolute Gasteiger partial charge is 0.336 e. The molecule has 3 rings (SSSR count). The summed E-state index contributed by atoms with van der Waals surface area (Å²) in [5.41, 5.74) is 2.93. The summed E-state index contributed by atoms with van der Waals surface area (Å²) >= 11 is 1.66. The van der Waals surface area contributed by atoms with E-state index < -0.39 is 0 Å². The number of rotatable bonds is 8. The molecule has 1 aromatic carbocycles. The number of H-pyrrole nitrogens is 1. The second kappa shape index (κ2) is 9.58. The Kier molecular flexibility index (Phi) is 6.90. The molecular weight excluding hydrogens is 386 g/mol. The molecule has 0 saturated heterocycles. The fraction of sp³-hybridized carbons (Fsp3) is 0.333. The molecule has 3 N–H and O–H groups in total. The lowest BCUT2D eigenvalue weighted by molar-refractivity contribution is 0.210. The second-order valence-electron chi connectivity index (χ2n) is 6.72. The monoisotopic (exact) mass is 413 g/mol. The van der Waals surface area contributed by atoms with E-state index in [2.05, 4.69) is 51.2 Å². The standard InChI is InChI=1S/C21H27N5O2S/c1-4-25(5-2)19(16-10-11-29-14-16)13-22-20(27)24-17-8-6-7-9-18(17)26-15(3)12-23-21(26)28/h6-12,14,19H,4-5,13H2,1-3H3,(H,23,28)(H2,22,24,27). The van der Waals surface area contributed by atoms with Crippen LogP contribution in [0.25, 0.3) is 5.69 Å². The van der Waals surface area contributed by atoms with Crippen molar-refractivity contribution in [2.24, 2.45) is 0 Å². The van der Waals surface area contributed by atoms with E-state index in [1.165, 1.54) is 5.56 Å². The molecule has 2 heterocycles. The van der Waals surface area contributed by atoms with Crippen LogP contribution in [-0.2, 0) is 0 Å². The number of hydrogen-bond acceptors (Lipinski definition) is 4. The molecule has 1 atom stereocenters. The SMILES string of the molecule is CCN(CC)C(CNC(=O)Nc1ccccc1-n1c(C)c[nH]c1=O)c1ccsc1. The molecule has 0 aliphatic rings. The molecule has 2 amide bonds. The molecule has 0 aliphatic carbocycles. The highest BCUT2D eigenvalue weighted by Gasteiger charge is 2.19. The van der Waals surface area contributed by atoms with Crippen molar-refractivity contribution in [3.05, 3.63) is 69.0 Å². The normalized spacial score (nSPS) is 12.1. The molecule has 7 nitrogen and oxygen atoms in total. The Morgan fingerprint density at radius 1 is 1.24 bits per heavy atom. The summed E-state index contributed by atoms with van der Waals surface area (Å²) in [4.78, 5) is 29.8. The third kappa shape index (κ3) is 4.78. The number of aryl methyl sites for hydroxylation is 1. The molecule has 0 aliphatic heterocycles. The number of carbonyl (C=O) groups excluding carboxylic acids is 1. The van der Waals surface area contributed by atoms with Crippen molar-refractivity contribution in [1.29, 1.82) is 0 Å². The van der Waals surface area contributed by atoms with Gasteiger partial charge in [-0.3, -0.25) is 9.47 Å². The van der Waals surface area contributed by atoms with Crippen LogP contribution in [-0.4, -0.2) is 40.1 Å². The quantitative estimate of drug-likeness (QED) is 0.526. The molecule has 0 bridgehead atoms. The Morgan fingerprint density at radius 2 is 2.00 bits per heavy atom.